The Labute approximate surface area is 305 Å². The average Bonchev–Trinajstić information content (AvgIpc) is 3.87. The highest BCUT2D eigenvalue weighted by Gasteiger charge is 2.15. The van der Waals surface area contributed by atoms with Crippen LogP contribution >= 0.6 is 0 Å². The molecule has 0 unspecified atom stereocenters. The second kappa shape index (κ2) is 12.6. The van der Waals surface area contributed by atoms with E-state index in [-0.39, 0.29) is 11.1 Å². The molecule has 258 valence electrons. The van der Waals surface area contributed by atoms with Crippen LogP contribution < -0.4 is 11.1 Å². The summed E-state index contributed by atoms with van der Waals surface area (Å²) in [5, 5.41) is 1.93. The maximum atomic E-state index is 13.3. The third kappa shape index (κ3) is 5.51. The van der Waals surface area contributed by atoms with Crippen molar-refractivity contribution in [2.75, 3.05) is 0 Å². The minimum atomic E-state index is -0.200. The first kappa shape index (κ1) is 31.2. The molecule has 7 aromatic heterocycles. The van der Waals surface area contributed by atoms with Crippen LogP contribution in [0.3, 0.4) is 0 Å². The molecule has 11 heteroatoms. The first-order valence-electron chi connectivity index (χ1n) is 17.3. The lowest BCUT2D eigenvalue weighted by atomic mass is 10.0. The van der Waals surface area contributed by atoms with Gasteiger partial charge in [-0.3, -0.25) is 19.6 Å². The fourth-order valence-electron chi connectivity index (χ4n) is 7.15. The van der Waals surface area contributed by atoms with Gasteiger partial charge in [-0.2, -0.15) is 0 Å². The Morgan fingerprint density at radius 2 is 1.31 bits per heavy atom. The van der Waals surface area contributed by atoms with Gasteiger partial charge in [-0.05, 0) is 82.4 Å². The van der Waals surface area contributed by atoms with Crippen LogP contribution in [0.1, 0.15) is 11.1 Å². The zero-order chi connectivity index (χ0) is 36.2. The van der Waals surface area contributed by atoms with Gasteiger partial charge in [-0.25, -0.2) is 15.0 Å². The predicted octanol–water partition coefficient (Wildman–Crippen LogP) is 7.62. The molecule has 11 nitrogen and oxygen atoms in total. The molecule has 0 aliphatic carbocycles. The highest BCUT2D eigenvalue weighted by atomic mass is 16.3. The summed E-state index contributed by atoms with van der Waals surface area (Å²) in [6.45, 7) is 0.751. The van der Waals surface area contributed by atoms with Gasteiger partial charge < -0.3 is 18.5 Å². The number of fused-ring (bicyclic) bond motifs is 4. The molecule has 0 saturated carbocycles. The molecule has 0 aliphatic heterocycles. The quantitative estimate of drug-likeness (QED) is 0.179. The second-order valence-corrected chi connectivity index (χ2v) is 13.2. The monoisotopic (exact) mass is 704 g/mol. The Balaban J connectivity index is 0.967. The highest BCUT2D eigenvalue weighted by Crippen LogP contribution is 2.31. The van der Waals surface area contributed by atoms with Crippen LogP contribution in [0.15, 0.2) is 155 Å². The number of H-pyrrole nitrogens is 1. The Bertz CT molecular complexity index is 3190. The molecule has 0 atom stereocenters. The lowest BCUT2D eigenvalue weighted by Gasteiger charge is -2.12. The smallest absolute Gasteiger partial charge is 0.269 e. The van der Waals surface area contributed by atoms with Crippen molar-refractivity contribution < 1.29 is 4.42 Å². The summed E-state index contributed by atoms with van der Waals surface area (Å²) < 4.78 is 8.95. The zero-order valence-electron chi connectivity index (χ0n) is 28.5. The molecule has 10 aromatic rings. The van der Waals surface area contributed by atoms with Gasteiger partial charge in [0.1, 0.15) is 28.0 Å². The summed E-state index contributed by atoms with van der Waals surface area (Å²) in [5.74, 6) is 0. The van der Waals surface area contributed by atoms with Crippen molar-refractivity contribution in [3.63, 3.8) is 0 Å². The number of rotatable bonds is 7. The lowest BCUT2D eigenvalue weighted by molar-refractivity contribution is 0.616. The van der Waals surface area contributed by atoms with Crippen molar-refractivity contribution in [2.24, 2.45) is 0 Å². The molecule has 0 amide bonds. The van der Waals surface area contributed by atoms with Crippen LogP contribution in [-0.2, 0) is 13.1 Å². The molecule has 0 aliphatic rings. The lowest BCUT2D eigenvalue weighted by Crippen LogP contribution is -2.21. The summed E-state index contributed by atoms with van der Waals surface area (Å²) in [6.07, 6.45) is 11.2. The van der Waals surface area contributed by atoms with E-state index in [0.29, 0.717) is 41.0 Å². The zero-order valence-corrected chi connectivity index (χ0v) is 28.5. The van der Waals surface area contributed by atoms with Crippen molar-refractivity contribution in [2.45, 2.75) is 13.1 Å². The van der Waals surface area contributed by atoms with Gasteiger partial charge in [-0.1, -0.05) is 42.5 Å². The number of pyridine rings is 3. The largest absolute Gasteiger partial charge is 0.464 e. The summed E-state index contributed by atoms with van der Waals surface area (Å²) in [4.78, 5) is 51.9. The molecule has 0 saturated heterocycles. The Morgan fingerprint density at radius 3 is 2.15 bits per heavy atom. The van der Waals surface area contributed by atoms with Gasteiger partial charge in [0.2, 0.25) is 0 Å². The molecule has 0 bridgehead atoms. The molecule has 10 rings (SSSR count). The van der Waals surface area contributed by atoms with E-state index < -0.39 is 0 Å². The third-order valence-corrected chi connectivity index (χ3v) is 9.79. The maximum Gasteiger partial charge on any atom is 0.269 e. The fourth-order valence-corrected chi connectivity index (χ4v) is 7.15. The third-order valence-electron chi connectivity index (χ3n) is 9.79. The normalized spacial score (nSPS) is 11.6. The number of benzene rings is 3. The second-order valence-electron chi connectivity index (χ2n) is 13.2. The Hall–Kier alpha value is -7.53. The van der Waals surface area contributed by atoms with Crippen LogP contribution in [0.4, 0.5) is 0 Å². The topological polar surface area (TPSA) is 137 Å². The van der Waals surface area contributed by atoms with Gasteiger partial charge >= 0.3 is 0 Å². The van der Waals surface area contributed by atoms with E-state index >= 15 is 0 Å². The number of hydrogen-bond donors (Lipinski definition) is 1. The standard InChI is InChI=1S/C43H28N8O3/c52-39-22-46-35-21-44-12-9-36(35)50(39)24-27-4-2-6-29(16-27)33-18-32-19-34(49-43(32)48-20-33)41-42-37(10-13-45-41)51(40(53)23-47-42)25-26-3-1-5-28(15-26)30-7-8-38-31(17-30)11-14-54-38/h1-23H,24-25H2,(H,48,49). The van der Waals surface area contributed by atoms with E-state index in [0.717, 1.165) is 60.9 Å². The van der Waals surface area contributed by atoms with Crippen LogP contribution in [0.5, 0.6) is 0 Å². The molecule has 3 aromatic carbocycles. The predicted molar refractivity (Wildman–Crippen MR) is 208 cm³/mol. The number of furan rings is 1. The molecule has 0 spiro atoms. The van der Waals surface area contributed by atoms with Gasteiger partial charge in [0.15, 0.2) is 0 Å². The van der Waals surface area contributed by atoms with E-state index in [4.69, 9.17) is 14.4 Å². The van der Waals surface area contributed by atoms with E-state index in [1.165, 1.54) is 12.4 Å². The SMILES string of the molecule is O=c1cnc2cnccc2n1Cc1cccc(-c2cnc3[nH]c(-c4nccc5c4ncc(=O)n5Cc4cccc(-c5ccc6occc6c5)c4)cc3c2)c1. The number of nitrogens with zero attached hydrogens (tertiary/aromatic N) is 7. The van der Waals surface area contributed by atoms with Gasteiger partial charge in [-0.15, -0.1) is 0 Å². The summed E-state index contributed by atoms with van der Waals surface area (Å²) in [5.41, 5.74) is 11.2. The average molecular weight is 705 g/mol. The molecule has 1 N–H and O–H groups in total. The van der Waals surface area contributed by atoms with Crippen LogP contribution in [0.25, 0.3) is 77.7 Å². The van der Waals surface area contributed by atoms with Crippen molar-refractivity contribution >= 4 is 44.1 Å². The van der Waals surface area contributed by atoms with Crippen molar-refractivity contribution in [1.82, 2.24) is 39.0 Å². The van der Waals surface area contributed by atoms with Crippen LogP contribution in [-0.4, -0.2) is 39.0 Å². The number of nitrogens with one attached hydrogen (secondary N) is 1. The number of aromatic amines is 1. The minimum absolute atomic E-state index is 0.176. The molecule has 0 radical (unpaired) electrons. The Kier molecular flexibility index (Phi) is 7.29. The number of aromatic nitrogens is 8. The van der Waals surface area contributed by atoms with Crippen molar-refractivity contribution in [1.29, 1.82) is 0 Å². The van der Waals surface area contributed by atoms with Gasteiger partial charge in [0.25, 0.3) is 11.1 Å². The van der Waals surface area contributed by atoms with Gasteiger partial charge in [0, 0.05) is 34.9 Å². The van der Waals surface area contributed by atoms with Crippen molar-refractivity contribution in [3.05, 3.63) is 172 Å². The highest BCUT2D eigenvalue weighted by molar-refractivity contribution is 5.93. The summed E-state index contributed by atoms with van der Waals surface area (Å²) >= 11 is 0. The van der Waals surface area contributed by atoms with E-state index in [1.54, 1.807) is 40.1 Å². The molecule has 0 fully saturated rings. The minimum Gasteiger partial charge on any atom is -0.464 e. The first-order valence-corrected chi connectivity index (χ1v) is 17.3. The molecular weight excluding hydrogens is 677 g/mol. The molecule has 7 heterocycles. The fraction of sp³-hybridized carbons (Fsp3) is 0.0465. The van der Waals surface area contributed by atoms with Crippen LogP contribution in [0.2, 0.25) is 0 Å². The Morgan fingerprint density at radius 1 is 0.593 bits per heavy atom. The summed E-state index contributed by atoms with van der Waals surface area (Å²) in [7, 11) is 0. The van der Waals surface area contributed by atoms with Crippen LogP contribution in [0, 0.1) is 0 Å². The van der Waals surface area contributed by atoms with Gasteiger partial charge in [0.05, 0.1) is 54.7 Å². The first-order chi connectivity index (χ1) is 26.5. The van der Waals surface area contributed by atoms with E-state index in [9.17, 15) is 9.59 Å². The molecule has 54 heavy (non-hydrogen) atoms. The molecular formula is C43H28N8O3. The van der Waals surface area contributed by atoms with E-state index in [2.05, 4.69) is 50.3 Å². The van der Waals surface area contributed by atoms with Crippen molar-refractivity contribution in [3.8, 4) is 33.6 Å². The number of hydrogen-bond acceptors (Lipinski definition) is 8. The van der Waals surface area contributed by atoms with E-state index in [1.807, 2.05) is 66.9 Å². The summed E-state index contributed by atoms with van der Waals surface area (Å²) in [6, 6.07) is 32.1. The maximum absolute atomic E-state index is 13.3.